The highest BCUT2D eigenvalue weighted by Crippen LogP contribution is 2.27. The standard InChI is InChI=1S/C6H13OPS2/c1-2-3-4-5-6-7-8(9)10/h2-6H2,1H3/p+1. The van der Waals surface area contributed by atoms with Gasteiger partial charge in [0, 0.05) is 0 Å². The lowest BCUT2D eigenvalue weighted by atomic mass is 10.2. The van der Waals surface area contributed by atoms with Crippen molar-refractivity contribution in [1.29, 1.82) is 0 Å². The number of hydrogen-bond donors (Lipinski definition) is 1. The van der Waals surface area contributed by atoms with Gasteiger partial charge < -0.3 is 0 Å². The zero-order valence-corrected chi connectivity index (χ0v) is 8.85. The lowest BCUT2D eigenvalue weighted by Gasteiger charge is -1.92. The van der Waals surface area contributed by atoms with Crippen LogP contribution in [0.5, 0.6) is 0 Å². The van der Waals surface area contributed by atoms with Gasteiger partial charge >= 0.3 is 6.13 Å². The first-order valence-corrected chi connectivity index (χ1v) is 6.99. The number of hydrogen-bond acceptors (Lipinski definition) is 2. The molecule has 0 amide bonds. The van der Waals surface area contributed by atoms with E-state index >= 15 is 0 Å². The summed E-state index contributed by atoms with van der Waals surface area (Å²) in [4.78, 5) is 0. The number of unbranched alkanes of at least 4 members (excludes halogenated alkanes) is 3. The third-order valence-corrected chi connectivity index (χ3v) is 2.27. The summed E-state index contributed by atoms with van der Waals surface area (Å²) in [6, 6.07) is 0. The van der Waals surface area contributed by atoms with E-state index in [1.165, 1.54) is 19.3 Å². The fourth-order valence-electron chi connectivity index (χ4n) is 0.671. The highest BCUT2D eigenvalue weighted by Gasteiger charge is 2.01. The van der Waals surface area contributed by atoms with Crippen molar-refractivity contribution in [2.24, 2.45) is 0 Å². The smallest absolute Gasteiger partial charge is 0.159 e. The van der Waals surface area contributed by atoms with Crippen molar-refractivity contribution >= 4 is 30.2 Å². The largest absolute Gasteiger partial charge is 0.411 e. The summed E-state index contributed by atoms with van der Waals surface area (Å²) in [6.07, 6.45) is 4.10. The molecule has 4 heteroatoms. The zero-order chi connectivity index (χ0) is 7.82. The van der Waals surface area contributed by atoms with Crippen molar-refractivity contribution in [2.75, 3.05) is 6.61 Å². The molecular weight excluding hydrogens is 183 g/mol. The van der Waals surface area contributed by atoms with Gasteiger partial charge in [0.1, 0.15) is 18.9 Å². The summed E-state index contributed by atoms with van der Waals surface area (Å²) >= 11 is 8.74. The van der Waals surface area contributed by atoms with E-state index in [1.807, 2.05) is 0 Å². The zero-order valence-electron chi connectivity index (χ0n) is 6.25. The SMILES string of the molecule is CCCCCCO[P+](=S)S. The molecule has 0 bridgehead atoms. The van der Waals surface area contributed by atoms with E-state index in [0.717, 1.165) is 13.0 Å². The predicted octanol–water partition coefficient (Wildman–Crippen LogP) is 3.29. The third kappa shape index (κ3) is 8.83. The van der Waals surface area contributed by atoms with Crippen LogP contribution in [-0.4, -0.2) is 6.61 Å². The highest BCUT2D eigenvalue weighted by molar-refractivity contribution is 8.54. The first kappa shape index (κ1) is 10.8. The van der Waals surface area contributed by atoms with E-state index in [4.69, 9.17) is 16.3 Å². The first-order chi connectivity index (χ1) is 4.77. The van der Waals surface area contributed by atoms with E-state index in [9.17, 15) is 0 Å². The van der Waals surface area contributed by atoms with Gasteiger partial charge in [-0.1, -0.05) is 26.2 Å². The summed E-state index contributed by atoms with van der Waals surface area (Å²) in [5, 5.41) is 0. The fourth-order valence-corrected chi connectivity index (χ4v) is 1.43. The van der Waals surface area contributed by atoms with Crippen LogP contribution in [0.1, 0.15) is 32.6 Å². The van der Waals surface area contributed by atoms with Crippen LogP contribution in [0.4, 0.5) is 0 Å². The summed E-state index contributed by atoms with van der Waals surface area (Å²) in [5.74, 6) is 0. The first-order valence-electron chi connectivity index (χ1n) is 3.56. The van der Waals surface area contributed by atoms with E-state index in [1.54, 1.807) is 0 Å². The summed E-state index contributed by atoms with van der Waals surface area (Å²) in [7, 11) is 0. The molecule has 0 aromatic heterocycles. The third-order valence-electron chi connectivity index (χ3n) is 1.20. The molecule has 0 radical (unpaired) electrons. The normalized spacial score (nSPS) is 11.6. The van der Waals surface area contributed by atoms with Gasteiger partial charge in [-0.2, -0.15) is 4.52 Å². The van der Waals surface area contributed by atoms with E-state index < -0.39 is 6.13 Å². The molecule has 0 fully saturated rings. The molecule has 0 aliphatic heterocycles. The van der Waals surface area contributed by atoms with E-state index in [0.29, 0.717) is 0 Å². The molecule has 0 rings (SSSR count). The van der Waals surface area contributed by atoms with Crippen molar-refractivity contribution < 1.29 is 4.52 Å². The number of rotatable bonds is 6. The predicted molar refractivity (Wildman–Crippen MR) is 53.4 cm³/mol. The molecule has 0 aliphatic rings. The molecule has 0 saturated heterocycles. The van der Waals surface area contributed by atoms with Crippen LogP contribution in [0.2, 0.25) is 0 Å². The van der Waals surface area contributed by atoms with Crippen LogP contribution in [0.15, 0.2) is 0 Å². The van der Waals surface area contributed by atoms with Gasteiger partial charge in [0.15, 0.2) is 0 Å². The quantitative estimate of drug-likeness (QED) is 0.397. The Kier molecular flexibility index (Phi) is 8.59. The van der Waals surface area contributed by atoms with Crippen molar-refractivity contribution in [3.8, 4) is 0 Å². The molecule has 1 nitrogen and oxygen atoms in total. The van der Waals surface area contributed by atoms with Crippen LogP contribution in [-0.2, 0) is 16.3 Å². The second kappa shape index (κ2) is 7.93. The molecule has 0 N–H and O–H groups in total. The van der Waals surface area contributed by atoms with Crippen LogP contribution in [0, 0.1) is 0 Å². The topological polar surface area (TPSA) is 9.23 Å². The Morgan fingerprint density at radius 3 is 2.60 bits per heavy atom. The molecule has 0 aromatic carbocycles. The molecule has 0 spiro atoms. The maximum Gasteiger partial charge on any atom is 0.411 e. The monoisotopic (exact) mass is 197 g/mol. The summed E-state index contributed by atoms with van der Waals surface area (Å²) < 4.78 is 5.13. The van der Waals surface area contributed by atoms with Gasteiger partial charge in [-0.15, -0.1) is 0 Å². The average molecular weight is 197 g/mol. The highest BCUT2D eigenvalue weighted by atomic mass is 32.9. The van der Waals surface area contributed by atoms with Gasteiger partial charge in [0.2, 0.25) is 11.8 Å². The Labute approximate surface area is 74.2 Å². The molecular formula is C6H14OPS2+. The second-order valence-corrected chi connectivity index (χ2v) is 5.76. The molecule has 10 heavy (non-hydrogen) atoms. The van der Waals surface area contributed by atoms with Gasteiger partial charge in [-0.05, 0) is 6.42 Å². The molecule has 0 saturated carbocycles. The van der Waals surface area contributed by atoms with Gasteiger partial charge in [-0.3, -0.25) is 0 Å². The summed E-state index contributed by atoms with van der Waals surface area (Å²) in [5.41, 5.74) is 0. The van der Waals surface area contributed by atoms with Crippen LogP contribution < -0.4 is 0 Å². The molecule has 0 aromatic rings. The Hall–Kier alpha value is 0.830. The minimum absolute atomic E-state index is 0.790. The molecule has 0 aliphatic carbocycles. The fraction of sp³-hybridized carbons (Fsp3) is 1.00. The Bertz CT molecular complexity index is 97.7. The Morgan fingerprint density at radius 1 is 1.40 bits per heavy atom. The maximum atomic E-state index is 5.13. The van der Waals surface area contributed by atoms with Crippen molar-refractivity contribution in [2.45, 2.75) is 32.6 Å². The molecule has 1 unspecified atom stereocenters. The van der Waals surface area contributed by atoms with E-state index in [2.05, 4.69) is 19.2 Å². The Balaban J connectivity index is 2.84. The Morgan fingerprint density at radius 2 is 2.10 bits per heavy atom. The van der Waals surface area contributed by atoms with Crippen LogP contribution >= 0.6 is 18.4 Å². The van der Waals surface area contributed by atoms with Gasteiger partial charge in [0.25, 0.3) is 0 Å². The maximum absolute atomic E-state index is 5.13. The van der Waals surface area contributed by atoms with Gasteiger partial charge in [0.05, 0.1) is 0 Å². The molecule has 60 valence electrons. The lowest BCUT2D eigenvalue weighted by Crippen LogP contribution is -1.84. The van der Waals surface area contributed by atoms with Crippen LogP contribution in [0.3, 0.4) is 0 Å². The van der Waals surface area contributed by atoms with Crippen molar-refractivity contribution in [1.82, 2.24) is 0 Å². The molecule has 0 heterocycles. The second-order valence-electron chi connectivity index (χ2n) is 2.13. The minimum Gasteiger partial charge on any atom is -0.159 e. The lowest BCUT2D eigenvalue weighted by molar-refractivity contribution is 0.351. The molecule has 1 atom stereocenters. The van der Waals surface area contributed by atoms with Crippen molar-refractivity contribution in [3.63, 3.8) is 0 Å². The minimum atomic E-state index is -0.844. The van der Waals surface area contributed by atoms with E-state index in [-0.39, 0.29) is 0 Å². The van der Waals surface area contributed by atoms with Crippen LogP contribution in [0.25, 0.3) is 0 Å². The van der Waals surface area contributed by atoms with Crippen molar-refractivity contribution in [3.05, 3.63) is 0 Å². The average Bonchev–Trinajstić information content (AvgIpc) is 1.87. The van der Waals surface area contributed by atoms with Gasteiger partial charge in [-0.25, -0.2) is 0 Å². The summed E-state index contributed by atoms with van der Waals surface area (Å²) in [6.45, 7) is 2.98. The number of thiol groups is 1.